The van der Waals surface area contributed by atoms with Crippen LogP contribution in [-0.2, 0) is 19.4 Å². The summed E-state index contributed by atoms with van der Waals surface area (Å²) in [6, 6.07) is 6.77. The monoisotopic (exact) mass is 310 g/mol. The normalized spacial score (nSPS) is 10.1. The Labute approximate surface area is 135 Å². The minimum atomic E-state index is 0.00304. The molecule has 0 radical (unpaired) electrons. The SMILES string of the molecule is [C-]#[N+]c1cc(C#N)cc(Oc2c(CC)nn(CCO)c2CC)c1. The van der Waals surface area contributed by atoms with Crippen LogP contribution in [0.3, 0.4) is 0 Å². The van der Waals surface area contributed by atoms with Crippen LogP contribution < -0.4 is 4.74 Å². The molecule has 0 saturated carbocycles. The summed E-state index contributed by atoms with van der Waals surface area (Å²) < 4.78 is 7.72. The molecule has 0 aliphatic heterocycles. The lowest BCUT2D eigenvalue weighted by molar-refractivity contribution is 0.267. The molecule has 0 amide bonds. The van der Waals surface area contributed by atoms with Crippen molar-refractivity contribution in [3.63, 3.8) is 0 Å². The second kappa shape index (κ2) is 7.44. The number of aliphatic hydroxyl groups is 1. The number of rotatable bonds is 6. The molecule has 0 bridgehead atoms. The Kier molecular flexibility index (Phi) is 5.35. The molecule has 2 rings (SSSR count). The van der Waals surface area contributed by atoms with Crippen molar-refractivity contribution in [1.29, 1.82) is 5.26 Å². The summed E-state index contributed by atoms with van der Waals surface area (Å²) in [5, 5.41) is 22.7. The van der Waals surface area contributed by atoms with E-state index >= 15 is 0 Å². The van der Waals surface area contributed by atoms with Gasteiger partial charge in [0, 0.05) is 5.56 Å². The Morgan fingerprint density at radius 1 is 1.35 bits per heavy atom. The van der Waals surface area contributed by atoms with Crippen molar-refractivity contribution >= 4 is 5.69 Å². The third kappa shape index (κ3) is 3.50. The molecular weight excluding hydrogens is 292 g/mol. The number of nitrogens with zero attached hydrogens (tertiary/aromatic N) is 4. The summed E-state index contributed by atoms with van der Waals surface area (Å²) in [5.74, 6) is 1.09. The first kappa shape index (κ1) is 16.5. The van der Waals surface area contributed by atoms with Gasteiger partial charge in [0.1, 0.15) is 11.4 Å². The standard InChI is InChI=1S/C17H18N4O2/c1-4-15-17(16(5-2)21(20-15)6-7-22)23-14-9-12(11-18)8-13(10-14)19-3/h8-10,22H,4-7H2,1-2H3. The fraction of sp³-hybridized carbons (Fsp3) is 0.353. The molecule has 2 aromatic rings. The molecule has 0 saturated heterocycles. The molecule has 0 aliphatic carbocycles. The van der Waals surface area contributed by atoms with E-state index in [0.717, 1.165) is 11.4 Å². The van der Waals surface area contributed by atoms with Gasteiger partial charge in [-0.15, -0.1) is 0 Å². The topological polar surface area (TPSA) is 75.4 Å². The lowest BCUT2D eigenvalue weighted by Crippen LogP contribution is -2.07. The number of aliphatic hydroxyl groups excluding tert-OH is 1. The van der Waals surface area contributed by atoms with E-state index in [9.17, 15) is 0 Å². The van der Waals surface area contributed by atoms with Crippen molar-refractivity contribution in [2.45, 2.75) is 33.2 Å². The van der Waals surface area contributed by atoms with Crippen LogP contribution in [0.2, 0.25) is 0 Å². The molecular formula is C17H18N4O2. The quantitative estimate of drug-likeness (QED) is 0.831. The van der Waals surface area contributed by atoms with Crippen LogP contribution in [0.25, 0.3) is 4.85 Å². The van der Waals surface area contributed by atoms with Crippen molar-refractivity contribution in [2.24, 2.45) is 0 Å². The summed E-state index contributed by atoms with van der Waals surface area (Å²) >= 11 is 0. The number of hydrogen-bond donors (Lipinski definition) is 1. The Balaban J connectivity index is 2.47. The predicted molar refractivity (Wildman–Crippen MR) is 85.6 cm³/mol. The average Bonchev–Trinajstić information content (AvgIpc) is 2.91. The minimum absolute atomic E-state index is 0.00304. The van der Waals surface area contributed by atoms with Crippen molar-refractivity contribution in [2.75, 3.05) is 6.61 Å². The average molecular weight is 310 g/mol. The molecule has 0 fully saturated rings. The summed E-state index contributed by atoms with van der Waals surface area (Å²) in [5.41, 5.74) is 2.43. The second-order valence-corrected chi connectivity index (χ2v) is 4.92. The molecule has 1 aromatic carbocycles. The van der Waals surface area contributed by atoms with Gasteiger partial charge >= 0.3 is 0 Å². The van der Waals surface area contributed by atoms with E-state index in [-0.39, 0.29) is 6.61 Å². The van der Waals surface area contributed by atoms with Gasteiger partial charge < -0.3 is 9.84 Å². The van der Waals surface area contributed by atoms with Gasteiger partial charge in [0.2, 0.25) is 0 Å². The van der Waals surface area contributed by atoms with E-state index in [2.05, 4.69) is 9.94 Å². The molecule has 0 spiro atoms. The van der Waals surface area contributed by atoms with Crippen molar-refractivity contribution in [3.05, 3.63) is 46.6 Å². The highest BCUT2D eigenvalue weighted by molar-refractivity contribution is 5.56. The molecule has 23 heavy (non-hydrogen) atoms. The van der Waals surface area contributed by atoms with Gasteiger partial charge in [-0.05, 0) is 31.0 Å². The number of nitriles is 1. The van der Waals surface area contributed by atoms with Crippen molar-refractivity contribution in [3.8, 4) is 17.6 Å². The van der Waals surface area contributed by atoms with Crippen LogP contribution in [0.1, 0.15) is 30.8 Å². The van der Waals surface area contributed by atoms with Crippen LogP contribution in [0.4, 0.5) is 5.69 Å². The van der Waals surface area contributed by atoms with Crippen LogP contribution in [-0.4, -0.2) is 21.5 Å². The second-order valence-electron chi connectivity index (χ2n) is 4.92. The maximum atomic E-state index is 9.17. The zero-order valence-corrected chi connectivity index (χ0v) is 13.2. The first-order valence-corrected chi connectivity index (χ1v) is 7.46. The lowest BCUT2D eigenvalue weighted by atomic mass is 10.2. The highest BCUT2D eigenvalue weighted by Gasteiger charge is 2.18. The maximum Gasteiger partial charge on any atom is 0.192 e. The number of ether oxygens (including phenoxy) is 1. The molecule has 6 nitrogen and oxygen atoms in total. The van der Waals surface area contributed by atoms with Crippen LogP contribution in [0, 0.1) is 17.9 Å². The largest absolute Gasteiger partial charge is 0.455 e. The van der Waals surface area contributed by atoms with Crippen LogP contribution in [0.5, 0.6) is 11.5 Å². The first-order chi connectivity index (χ1) is 11.2. The molecule has 6 heteroatoms. The molecule has 0 unspecified atom stereocenters. The maximum absolute atomic E-state index is 9.17. The van der Waals surface area contributed by atoms with Crippen molar-refractivity contribution < 1.29 is 9.84 Å². The minimum Gasteiger partial charge on any atom is -0.455 e. The van der Waals surface area contributed by atoms with Crippen LogP contribution >= 0.6 is 0 Å². The van der Waals surface area contributed by atoms with Gasteiger partial charge in [-0.25, -0.2) is 4.85 Å². The number of aryl methyl sites for hydroxylation is 1. The van der Waals surface area contributed by atoms with E-state index in [1.54, 1.807) is 16.8 Å². The summed E-state index contributed by atoms with van der Waals surface area (Å²) in [6.07, 6.45) is 1.39. The predicted octanol–water partition coefficient (Wildman–Crippen LogP) is 3.21. The molecule has 0 atom stereocenters. The van der Waals surface area contributed by atoms with Gasteiger partial charge in [0.25, 0.3) is 0 Å². The highest BCUT2D eigenvalue weighted by Crippen LogP contribution is 2.33. The summed E-state index contributed by atoms with van der Waals surface area (Å²) in [7, 11) is 0. The van der Waals surface area contributed by atoms with Crippen molar-refractivity contribution in [1.82, 2.24) is 9.78 Å². The molecule has 1 aromatic heterocycles. The smallest absolute Gasteiger partial charge is 0.192 e. The fourth-order valence-electron chi connectivity index (χ4n) is 2.40. The van der Waals surface area contributed by atoms with Gasteiger partial charge in [0.15, 0.2) is 11.4 Å². The third-order valence-corrected chi connectivity index (χ3v) is 3.43. The summed E-state index contributed by atoms with van der Waals surface area (Å²) in [6.45, 7) is 11.5. The van der Waals surface area contributed by atoms with E-state index < -0.39 is 0 Å². The van der Waals surface area contributed by atoms with E-state index in [1.165, 1.54) is 6.07 Å². The molecule has 118 valence electrons. The Morgan fingerprint density at radius 3 is 2.70 bits per heavy atom. The Bertz CT molecular complexity index is 749. The summed E-state index contributed by atoms with van der Waals surface area (Å²) in [4.78, 5) is 3.37. The lowest BCUT2D eigenvalue weighted by Gasteiger charge is -2.09. The van der Waals surface area contributed by atoms with Gasteiger partial charge in [-0.2, -0.15) is 10.4 Å². The number of benzene rings is 1. The fourth-order valence-corrected chi connectivity index (χ4v) is 2.40. The Hall–Kier alpha value is -2.83. The number of hydrogen-bond acceptors (Lipinski definition) is 4. The molecule has 1 N–H and O–H groups in total. The molecule has 1 heterocycles. The molecule has 0 aliphatic rings. The Morgan fingerprint density at radius 2 is 2.13 bits per heavy atom. The van der Waals surface area contributed by atoms with Gasteiger partial charge in [-0.1, -0.05) is 13.8 Å². The van der Waals surface area contributed by atoms with Crippen LogP contribution in [0.15, 0.2) is 18.2 Å². The number of aromatic nitrogens is 2. The van der Waals surface area contributed by atoms with Gasteiger partial charge in [-0.3, -0.25) is 4.68 Å². The highest BCUT2D eigenvalue weighted by atomic mass is 16.5. The third-order valence-electron chi connectivity index (χ3n) is 3.43. The van der Waals surface area contributed by atoms with E-state index in [4.69, 9.17) is 21.7 Å². The van der Waals surface area contributed by atoms with E-state index in [0.29, 0.717) is 42.1 Å². The first-order valence-electron chi connectivity index (χ1n) is 7.46. The zero-order chi connectivity index (χ0) is 16.8. The zero-order valence-electron chi connectivity index (χ0n) is 13.2. The van der Waals surface area contributed by atoms with E-state index in [1.807, 2.05) is 19.9 Å². The van der Waals surface area contributed by atoms with Gasteiger partial charge in [0.05, 0.1) is 31.5 Å².